The highest BCUT2D eigenvalue weighted by atomic mass is 32.2. The van der Waals surface area contributed by atoms with E-state index in [-0.39, 0.29) is 0 Å². The average Bonchev–Trinajstić information content (AvgIpc) is 2.92. The Morgan fingerprint density at radius 1 is 1.38 bits per heavy atom. The SMILES string of the molecule is N#CN=C(N)CCSCc1ccc(CN2CCOCC2)o1. The summed E-state index contributed by atoms with van der Waals surface area (Å²) < 4.78 is 11.2. The monoisotopic (exact) mass is 308 g/mol. The number of amidine groups is 1. The molecule has 1 aliphatic heterocycles. The zero-order chi connectivity index (χ0) is 14.9. The summed E-state index contributed by atoms with van der Waals surface area (Å²) in [4.78, 5) is 5.82. The lowest BCUT2D eigenvalue weighted by Crippen LogP contribution is -2.35. The van der Waals surface area contributed by atoms with E-state index in [1.807, 2.05) is 12.1 Å². The predicted molar refractivity (Wildman–Crippen MR) is 82.8 cm³/mol. The number of nitrogens with zero attached hydrogens (tertiary/aromatic N) is 3. The van der Waals surface area contributed by atoms with Crippen molar-refractivity contribution in [1.82, 2.24) is 4.90 Å². The van der Waals surface area contributed by atoms with Crippen LogP contribution in [0.1, 0.15) is 17.9 Å². The van der Waals surface area contributed by atoms with Crippen LogP contribution in [-0.4, -0.2) is 42.8 Å². The van der Waals surface area contributed by atoms with E-state index in [2.05, 4.69) is 9.89 Å². The second-order valence-corrected chi connectivity index (χ2v) is 5.87. The quantitative estimate of drug-likeness (QED) is 0.356. The highest BCUT2D eigenvalue weighted by Gasteiger charge is 2.12. The van der Waals surface area contributed by atoms with E-state index < -0.39 is 0 Å². The van der Waals surface area contributed by atoms with Crippen LogP contribution in [0, 0.1) is 11.5 Å². The first-order valence-corrected chi connectivity index (χ1v) is 8.10. The molecule has 0 atom stereocenters. The molecule has 0 radical (unpaired) electrons. The number of thioether (sulfide) groups is 1. The number of rotatable bonds is 7. The minimum Gasteiger partial charge on any atom is -0.464 e. The van der Waals surface area contributed by atoms with Crippen molar-refractivity contribution in [1.29, 1.82) is 5.26 Å². The lowest BCUT2D eigenvalue weighted by atomic mass is 10.3. The van der Waals surface area contributed by atoms with Crippen LogP contribution in [0.15, 0.2) is 21.5 Å². The third-order valence-corrected chi connectivity index (χ3v) is 4.12. The Balaban J connectivity index is 1.68. The van der Waals surface area contributed by atoms with Crippen molar-refractivity contribution >= 4 is 17.6 Å². The molecule has 0 saturated carbocycles. The summed E-state index contributed by atoms with van der Waals surface area (Å²) in [7, 11) is 0. The molecule has 0 unspecified atom stereocenters. The van der Waals surface area contributed by atoms with Crippen LogP contribution in [0.3, 0.4) is 0 Å². The highest BCUT2D eigenvalue weighted by Crippen LogP contribution is 2.17. The predicted octanol–water partition coefficient (Wildman–Crippen LogP) is 1.57. The van der Waals surface area contributed by atoms with Crippen LogP contribution in [0.4, 0.5) is 0 Å². The van der Waals surface area contributed by atoms with E-state index in [0.29, 0.717) is 12.3 Å². The molecule has 21 heavy (non-hydrogen) atoms. The van der Waals surface area contributed by atoms with Crippen LogP contribution >= 0.6 is 11.8 Å². The molecule has 114 valence electrons. The summed E-state index contributed by atoms with van der Waals surface area (Å²) in [5, 5.41) is 8.36. The minimum atomic E-state index is 0.387. The van der Waals surface area contributed by atoms with Crippen molar-refractivity contribution in [3.63, 3.8) is 0 Å². The third-order valence-electron chi connectivity index (χ3n) is 3.14. The number of hydrogen-bond acceptors (Lipinski definition) is 6. The Kier molecular flexibility index (Phi) is 6.60. The fourth-order valence-corrected chi connectivity index (χ4v) is 2.89. The Hall–Kier alpha value is -1.49. The van der Waals surface area contributed by atoms with Crippen molar-refractivity contribution in [2.24, 2.45) is 10.7 Å². The number of aliphatic imine (C=N–C) groups is 1. The summed E-state index contributed by atoms with van der Waals surface area (Å²) in [5.41, 5.74) is 5.55. The number of furan rings is 1. The van der Waals surface area contributed by atoms with Gasteiger partial charge in [-0.1, -0.05) is 0 Å². The van der Waals surface area contributed by atoms with Gasteiger partial charge in [0.2, 0.25) is 6.19 Å². The molecule has 1 aromatic heterocycles. The van der Waals surface area contributed by atoms with Crippen molar-refractivity contribution < 1.29 is 9.15 Å². The van der Waals surface area contributed by atoms with E-state index >= 15 is 0 Å². The minimum absolute atomic E-state index is 0.387. The maximum Gasteiger partial charge on any atom is 0.207 e. The fourth-order valence-electron chi connectivity index (χ4n) is 2.03. The molecule has 0 spiro atoms. The van der Waals surface area contributed by atoms with Crippen molar-refractivity contribution in [3.05, 3.63) is 23.7 Å². The summed E-state index contributed by atoms with van der Waals surface area (Å²) in [6, 6.07) is 4.06. The normalized spacial score (nSPS) is 16.8. The van der Waals surface area contributed by atoms with Crippen molar-refractivity contribution in [2.45, 2.75) is 18.7 Å². The van der Waals surface area contributed by atoms with Crippen LogP contribution in [0.25, 0.3) is 0 Å². The maximum atomic E-state index is 8.36. The Bertz CT molecular complexity index is 503. The third kappa shape index (κ3) is 5.79. The molecule has 1 aromatic rings. The van der Waals surface area contributed by atoms with Crippen LogP contribution in [-0.2, 0) is 17.0 Å². The molecular weight excluding hydrogens is 288 g/mol. The van der Waals surface area contributed by atoms with Gasteiger partial charge in [0.05, 0.1) is 25.5 Å². The Morgan fingerprint density at radius 3 is 2.90 bits per heavy atom. The highest BCUT2D eigenvalue weighted by molar-refractivity contribution is 7.98. The van der Waals surface area contributed by atoms with E-state index in [9.17, 15) is 0 Å². The summed E-state index contributed by atoms with van der Waals surface area (Å²) in [6.07, 6.45) is 2.31. The number of ether oxygens (including phenoxy) is 1. The van der Waals surface area contributed by atoms with Gasteiger partial charge in [0, 0.05) is 25.3 Å². The molecule has 6 nitrogen and oxygen atoms in total. The molecule has 1 saturated heterocycles. The van der Waals surface area contributed by atoms with Gasteiger partial charge in [0.25, 0.3) is 0 Å². The van der Waals surface area contributed by atoms with E-state index in [4.69, 9.17) is 20.1 Å². The van der Waals surface area contributed by atoms with Gasteiger partial charge in [0.15, 0.2) is 0 Å². The molecule has 1 aliphatic rings. The number of morpholine rings is 1. The number of nitrogens with two attached hydrogens (primary N) is 1. The average molecular weight is 308 g/mol. The van der Waals surface area contributed by atoms with Gasteiger partial charge in [-0.15, -0.1) is 0 Å². The van der Waals surface area contributed by atoms with Crippen LogP contribution in [0.2, 0.25) is 0 Å². The molecule has 1 fully saturated rings. The molecule has 0 amide bonds. The van der Waals surface area contributed by atoms with Gasteiger partial charge in [-0.25, -0.2) is 0 Å². The summed E-state index contributed by atoms with van der Waals surface area (Å²) in [5.74, 6) is 3.99. The maximum absolute atomic E-state index is 8.36. The standard InChI is InChI=1S/C14H20N4O2S/c15-11-17-14(16)3-8-21-10-13-2-1-12(20-13)9-18-4-6-19-7-5-18/h1-2H,3-10H2,(H2,16,17). The first-order chi connectivity index (χ1) is 10.3. The topological polar surface area (TPSA) is 87.8 Å². The molecule has 0 aromatic carbocycles. The largest absolute Gasteiger partial charge is 0.464 e. The first-order valence-electron chi connectivity index (χ1n) is 6.94. The molecule has 0 aliphatic carbocycles. The van der Waals surface area contributed by atoms with Crippen LogP contribution in [0.5, 0.6) is 0 Å². The zero-order valence-electron chi connectivity index (χ0n) is 12.0. The lowest BCUT2D eigenvalue weighted by Gasteiger charge is -2.25. The van der Waals surface area contributed by atoms with Gasteiger partial charge in [-0.05, 0) is 12.1 Å². The molecule has 2 heterocycles. The zero-order valence-corrected chi connectivity index (χ0v) is 12.8. The van der Waals surface area contributed by atoms with Gasteiger partial charge in [-0.2, -0.15) is 22.0 Å². The number of nitriles is 1. The molecule has 0 bridgehead atoms. The van der Waals surface area contributed by atoms with Crippen molar-refractivity contribution in [3.8, 4) is 6.19 Å². The Morgan fingerprint density at radius 2 is 2.14 bits per heavy atom. The number of hydrogen-bond donors (Lipinski definition) is 1. The van der Waals surface area contributed by atoms with E-state index in [1.54, 1.807) is 18.0 Å². The van der Waals surface area contributed by atoms with Gasteiger partial charge in [-0.3, -0.25) is 4.90 Å². The van der Waals surface area contributed by atoms with Gasteiger partial charge >= 0.3 is 0 Å². The summed E-state index contributed by atoms with van der Waals surface area (Å²) >= 11 is 1.72. The van der Waals surface area contributed by atoms with Crippen molar-refractivity contribution in [2.75, 3.05) is 32.1 Å². The second-order valence-electron chi connectivity index (χ2n) is 4.76. The van der Waals surface area contributed by atoms with Gasteiger partial charge in [0.1, 0.15) is 17.4 Å². The molecule has 2 N–H and O–H groups in total. The van der Waals surface area contributed by atoms with E-state index in [0.717, 1.165) is 55.9 Å². The van der Waals surface area contributed by atoms with Crippen LogP contribution < -0.4 is 5.73 Å². The molecule has 7 heteroatoms. The van der Waals surface area contributed by atoms with E-state index in [1.165, 1.54) is 0 Å². The van der Waals surface area contributed by atoms with Gasteiger partial charge < -0.3 is 14.9 Å². The Labute approximate surface area is 128 Å². The molecule has 2 rings (SSSR count). The summed E-state index contributed by atoms with van der Waals surface area (Å²) in [6.45, 7) is 4.37. The molecular formula is C14H20N4O2S. The second kappa shape index (κ2) is 8.72. The smallest absolute Gasteiger partial charge is 0.207 e. The first kappa shape index (κ1) is 15.9. The lowest BCUT2D eigenvalue weighted by molar-refractivity contribution is 0.0312. The fraction of sp³-hybridized carbons (Fsp3) is 0.571.